The van der Waals surface area contributed by atoms with Crippen molar-refractivity contribution in [2.75, 3.05) is 14.2 Å². The first-order chi connectivity index (χ1) is 11.5. The second-order valence-corrected chi connectivity index (χ2v) is 5.67. The van der Waals surface area contributed by atoms with Gasteiger partial charge in [0.1, 0.15) is 0 Å². The minimum atomic E-state index is -0.512. The molecule has 128 valence electrons. The van der Waals surface area contributed by atoms with Gasteiger partial charge in [0.05, 0.1) is 31.3 Å². The highest BCUT2D eigenvalue weighted by Gasteiger charge is 2.38. The number of carbonyl (C=O) groups excluding carboxylic acids is 2. The molecule has 0 aliphatic carbocycles. The molecule has 0 radical (unpaired) electrons. The molecule has 0 amide bonds. The van der Waals surface area contributed by atoms with E-state index in [-0.39, 0.29) is 0 Å². The lowest BCUT2D eigenvalue weighted by Crippen LogP contribution is -2.32. The predicted octanol–water partition coefficient (Wildman–Crippen LogP) is 2.83. The zero-order valence-corrected chi connectivity index (χ0v) is 14.7. The van der Waals surface area contributed by atoms with Crippen LogP contribution in [0.1, 0.15) is 37.8 Å². The van der Waals surface area contributed by atoms with Crippen molar-refractivity contribution >= 4 is 11.9 Å². The molecular formula is C19H23NO4. The maximum atomic E-state index is 12.4. The van der Waals surface area contributed by atoms with E-state index in [1.165, 1.54) is 14.2 Å². The lowest BCUT2D eigenvalue weighted by atomic mass is 9.78. The van der Waals surface area contributed by atoms with Crippen LogP contribution < -0.4 is 5.32 Å². The van der Waals surface area contributed by atoms with E-state index in [4.69, 9.17) is 9.47 Å². The minimum Gasteiger partial charge on any atom is -0.466 e. The van der Waals surface area contributed by atoms with Gasteiger partial charge in [0.2, 0.25) is 0 Å². The lowest BCUT2D eigenvalue weighted by Gasteiger charge is -2.31. The van der Waals surface area contributed by atoms with Crippen LogP contribution in [0.15, 0.2) is 46.8 Å². The van der Waals surface area contributed by atoms with Crippen molar-refractivity contribution in [2.45, 2.75) is 33.1 Å². The van der Waals surface area contributed by atoms with Gasteiger partial charge in [0.25, 0.3) is 0 Å². The molecule has 0 bridgehead atoms. The van der Waals surface area contributed by atoms with Crippen LogP contribution in [0.25, 0.3) is 0 Å². The van der Waals surface area contributed by atoms with Crippen molar-refractivity contribution in [2.24, 2.45) is 0 Å². The third-order valence-corrected chi connectivity index (χ3v) is 4.32. The Morgan fingerprint density at radius 1 is 1.00 bits per heavy atom. The van der Waals surface area contributed by atoms with Gasteiger partial charge in [-0.1, -0.05) is 31.2 Å². The highest BCUT2D eigenvalue weighted by molar-refractivity contribution is 5.99. The molecule has 1 aromatic carbocycles. The Labute approximate surface area is 142 Å². The summed E-state index contributed by atoms with van der Waals surface area (Å²) in [6, 6.07) is 7.81. The van der Waals surface area contributed by atoms with Crippen LogP contribution in [0.4, 0.5) is 0 Å². The summed E-state index contributed by atoms with van der Waals surface area (Å²) in [5.41, 5.74) is 4.23. The lowest BCUT2D eigenvalue weighted by molar-refractivity contribution is -0.137. The molecular weight excluding hydrogens is 306 g/mol. The minimum absolute atomic E-state index is 0.435. The average molecular weight is 329 g/mol. The summed E-state index contributed by atoms with van der Waals surface area (Å²) in [7, 11) is 2.68. The zero-order valence-electron chi connectivity index (χ0n) is 14.7. The quantitative estimate of drug-likeness (QED) is 0.861. The number of dihydropyridines is 1. The maximum absolute atomic E-state index is 12.4. The number of benzene rings is 1. The Hall–Kier alpha value is -2.56. The van der Waals surface area contributed by atoms with Crippen LogP contribution in [0.5, 0.6) is 0 Å². The van der Waals surface area contributed by atoms with E-state index in [0.29, 0.717) is 22.5 Å². The molecule has 2 rings (SSSR count). The van der Waals surface area contributed by atoms with E-state index >= 15 is 0 Å². The molecule has 1 aliphatic heterocycles. The number of nitrogens with one attached hydrogen (secondary N) is 1. The number of methoxy groups -OCH3 is 2. The molecule has 0 unspecified atom stereocenters. The molecule has 0 spiro atoms. The van der Waals surface area contributed by atoms with E-state index in [1.807, 2.05) is 45.0 Å². The van der Waals surface area contributed by atoms with Crippen LogP contribution in [-0.2, 0) is 25.5 Å². The fourth-order valence-corrected chi connectivity index (χ4v) is 3.20. The molecule has 0 aromatic heterocycles. The Morgan fingerprint density at radius 2 is 1.50 bits per heavy atom. The Morgan fingerprint density at radius 3 is 1.96 bits per heavy atom. The van der Waals surface area contributed by atoms with Crippen LogP contribution in [0.2, 0.25) is 0 Å². The van der Waals surface area contributed by atoms with Crippen molar-refractivity contribution < 1.29 is 19.1 Å². The summed E-state index contributed by atoms with van der Waals surface area (Å²) in [6.45, 7) is 5.67. The molecule has 1 aromatic rings. The van der Waals surface area contributed by atoms with Gasteiger partial charge in [-0.2, -0.15) is 0 Å². The SMILES string of the molecule is CCc1ccccc1C1C(C(=O)OC)=C(C)NC(C)=C1C(=O)OC. The fraction of sp³-hybridized carbons (Fsp3) is 0.368. The van der Waals surface area contributed by atoms with Gasteiger partial charge in [-0.05, 0) is 31.4 Å². The van der Waals surface area contributed by atoms with Crippen molar-refractivity contribution in [3.05, 3.63) is 57.9 Å². The first-order valence-electron chi connectivity index (χ1n) is 7.89. The van der Waals surface area contributed by atoms with E-state index in [9.17, 15) is 9.59 Å². The standard InChI is InChI=1S/C19H23NO4/c1-6-13-9-7-8-10-14(13)17-15(18(21)23-4)11(2)20-12(3)16(17)19(22)24-5/h7-10,17,20H,6H2,1-5H3. The molecule has 24 heavy (non-hydrogen) atoms. The number of carbonyl (C=O) groups is 2. The molecule has 1 aliphatic rings. The van der Waals surface area contributed by atoms with Crippen molar-refractivity contribution in [3.8, 4) is 0 Å². The summed E-state index contributed by atoms with van der Waals surface area (Å²) in [6.07, 6.45) is 0.793. The summed E-state index contributed by atoms with van der Waals surface area (Å²) < 4.78 is 9.94. The summed E-state index contributed by atoms with van der Waals surface area (Å²) in [4.78, 5) is 24.9. The molecule has 1 N–H and O–H groups in total. The largest absolute Gasteiger partial charge is 0.466 e. The van der Waals surface area contributed by atoms with E-state index in [2.05, 4.69) is 5.32 Å². The first kappa shape index (κ1) is 17.8. The van der Waals surface area contributed by atoms with E-state index < -0.39 is 17.9 Å². The smallest absolute Gasteiger partial charge is 0.336 e. The van der Waals surface area contributed by atoms with Crippen molar-refractivity contribution in [1.29, 1.82) is 0 Å². The Kier molecular flexibility index (Phi) is 5.44. The monoisotopic (exact) mass is 329 g/mol. The number of aryl methyl sites for hydroxylation is 1. The van der Waals surface area contributed by atoms with Gasteiger partial charge in [-0.3, -0.25) is 0 Å². The normalized spacial score (nSPS) is 15.2. The number of hydrogen-bond donors (Lipinski definition) is 1. The van der Waals surface area contributed by atoms with Gasteiger partial charge in [0, 0.05) is 11.4 Å². The van der Waals surface area contributed by atoms with Gasteiger partial charge in [-0.25, -0.2) is 9.59 Å². The van der Waals surface area contributed by atoms with Gasteiger partial charge >= 0.3 is 11.9 Å². The van der Waals surface area contributed by atoms with E-state index in [1.54, 1.807) is 0 Å². The Balaban J connectivity index is 2.75. The number of esters is 2. The van der Waals surface area contributed by atoms with Crippen molar-refractivity contribution in [3.63, 3.8) is 0 Å². The third-order valence-electron chi connectivity index (χ3n) is 4.32. The number of allylic oxidation sites excluding steroid dienone is 2. The number of rotatable bonds is 4. The zero-order chi connectivity index (χ0) is 17.9. The summed E-state index contributed by atoms with van der Waals surface area (Å²) in [5.74, 6) is -1.42. The number of hydrogen-bond acceptors (Lipinski definition) is 5. The molecule has 5 nitrogen and oxygen atoms in total. The predicted molar refractivity (Wildman–Crippen MR) is 91.1 cm³/mol. The molecule has 0 saturated carbocycles. The van der Waals surface area contributed by atoms with E-state index in [0.717, 1.165) is 17.5 Å². The first-order valence-corrected chi connectivity index (χ1v) is 7.89. The highest BCUT2D eigenvalue weighted by atomic mass is 16.5. The second kappa shape index (κ2) is 7.34. The number of ether oxygens (including phenoxy) is 2. The van der Waals surface area contributed by atoms with Crippen LogP contribution in [0.3, 0.4) is 0 Å². The molecule has 5 heteroatoms. The molecule has 0 saturated heterocycles. The highest BCUT2D eigenvalue weighted by Crippen LogP contribution is 2.40. The maximum Gasteiger partial charge on any atom is 0.336 e. The van der Waals surface area contributed by atoms with Crippen molar-refractivity contribution in [1.82, 2.24) is 5.32 Å². The fourth-order valence-electron chi connectivity index (χ4n) is 3.20. The molecule has 0 fully saturated rings. The van der Waals surface area contributed by atoms with Gasteiger partial charge in [-0.15, -0.1) is 0 Å². The average Bonchev–Trinajstić information content (AvgIpc) is 2.59. The van der Waals surface area contributed by atoms with Crippen LogP contribution >= 0.6 is 0 Å². The topological polar surface area (TPSA) is 64.6 Å². The molecule has 0 atom stereocenters. The molecule has 1 heterocycles. The summed E-state index contributed by atoms with van der Waals surface area (Å²) >= 11 is 0. The van der Waals surface area contributed by atoms with Gasteiger partial charge in [0.15, 0.2) is 0 Å². The Bertz CT molecular complexity index is 693. The third kappa shape index (κ3) is 3.07. The van der Waals surface area contributed by atoms with Crippen LogP contribution in [0, 0.1) is 0 Å². The summed E-state index contributed by atoms with van der Waals surface area (Å²) in [5, 5.41) is 3.10. The van der Waals surface area contributed by atoms with Gasteiger partial charge < -0.3 is 14.8 Å². The van der Waals surface area contributed by atoms with Crippen LogP contribution in [-0.4, -0.2) is 26.2 Å². The second-order valence-electron chi connectivity index (χ2n) is 5.67.